The summed E-state index contributed by atoms with van der Waals surface area (Å²) in [6.07, 6.45) is 9.14. The molecule has 1 aliphatic heterocycles. The second kappa shape index (κ2) is 6.83. The molecule has 6 nitrogen and oxygen atoms in total. The topological polar surface area (TPSA) is 63.1 Å². The highest BCUT2D eigenvalue weighted by molar-refractivity contribution is 6.32. The third-order valence-electron chi connectivity index (χ3n) is 3.77. The molecule has 1 aromatic carbocycles. The van der Waals surface area contributed by atoms with Crippen molar-refractivity contribution in [2.24, 2.45) is 0 Å². The maximum absolute atomic E-state index is 12.4. The molecular formula is C16H18ClN5O. The molecule has 0 bridgehead atoms. The number of hydrogen-bond acceptors (Lipinski definition) is 3. The lowest BCUT2D eigenvalue weighted by Crippen LogP contribution is -2.39. The van der Waals surface area contributed by atoms with Crippen LogP contribution in [0.4, 0.5) is 10.5 Å². The molecule has 0 aliphatic carbocycles. The van der Waals surface area contributed by atoms with Gasteiger partial charge in [-0.05, 0) is 24.6 Å². The van der Waals surface area contributed by atoms with Crippen LogP contribution >= 0.6 is 11.6 Å². The van der Waals surface area contributed by atoms with Gasteiger partial charge in [0, 0.05) is 12.2 Å². The minimum absolute atomic E-state index is 0.113. The summed E-state index contributed by atoms with van der Waals surface area (Å²) in [6.45, 7) is 2.76. The number of nitrogens with one attached hydrogen (secondary N) is 1. The SMILES string of the molecule is CCCC1C=CCN1C(=O)Nc1ccc(-n2cncn2)c(Cl)c1. The van der Waals surface area contributed by atoms with Crippen LogP contribution in [0.15, 0.2) is 43.0 Å². The maximum Gasteiger partial charge on any atom is 0.322 e. The van der Waals surface area contributed by atoms with Crippen molar-refractivity contribution in [3.8, 4) is 5.69 Å². The lowest BCUT2D eigenvalue weighted by Gasteiger charge is -2.24. The molecule has 0 radical (unpaired) electrons. The number of hydrogen-bond donors (Lipinski definition) is 1. The van der Waals surface area contributed by atoms with E-state index in [0.717, 1.165) is 12.8 Å². The number of nitrogens with zero attached hydrogens (tertiary/aromatic N) is 4. The molecule has 23 heavy (non-hydrogen) atoms. The Labute approximate surface area is 139 Å². The van der Waals surface area contributed by atoms with E-state index in [4.69, 9.17) is 11.6 Å². The number of benzene rings is 1. The minimum Gasteiger partial charge on any atom is -0.314 e. The molecule has 2 aromatic rings. The van der Waals surface area contributed by atoms with Crippen LogP contribution in [-0.4, -0.2) is 38.3 Å². The Morgan fingerprint density at radius 3 is 3.04 bits per heavy atom. The number of halogens is 1. The Kier molecular flexibility index (Phi) is 4.62. The molecule has 1 N–H and O–H groups in total. The van der Waals surface area contributed by atoms with Gasteiger partial charge in [-0.3, -0.25) is 0 Å². The van der Waals surface area contributed by atoms with E-state index >= 15 is 0 Å². The third kappa shape index (κ3) is 3.37. The van der Waals surface area contributed by atoms with Crippen LogP contribution in [0, 0.1) is 0 Å². The first kappa shape index (κ1) is 15.6. The lowest BCUT2D eigenvalue weighted by atomic mass is 10.2. The van der Waals surface area contributed by atoms with Gasteiger partial charge in [-0.2, -0.15) is 5.10 Å². The average molecular weight is 332 g/mol. The van der Waals surface area contributed by atoms with Crippen LogP contribution in [0.3, 0.4) is 0 Å². The molecule has 2 amide bonds. The standard InChI is InChI=1S/C16H18ClN5O/c1-2-4-13-5-3-8-21(13)16(23)20-12-6-7-15(14(17)9-12)22-11-18-10-19-22/h3,5-7,9-11,13H,2,4,8H2,1H3,(H,20,23). The van der Waals surface area contributed by atoms with E-state index in [-0.39, 0.29) is 12.1 Å². The van der Waals surface area contributed by atoms with Gasteiger partial charge in [0.25, 0.3) is 0 Å². The zero-order valence-electron chi connectivity index (χ0n) is 12.8. The number of aromatic nitrogens is 3. The van der Waals surface area contributed by atoms with Gasteiger partial charge in [-0.1, -0.05) is 37.1 Å². The molecule has 0 saturated carbocycles. The number of urea groups is 1. The molecule has 0 fully saturated rings. The van der Waals surface area contributed by atoms with E-state index in [1.165, 1.54) is 6.33 Å². The van der Waals surface area contributed by atoms with E-state index in [0.29, 0.717) is 22.9 Å². The van der Waals surface area contributed by atoms with Gasteiger partial charge < -0.3 is 10.2 Å². The van der Waals surface area contributed by atoms with Crippen molar-refractivity contribution in [1.82, 2.24) is 19.7 Å². The Hall–Kier alpha value is -2.34. The fourth-order valence-corrected chi connectivity index (χ4v) is 2.92. The van der Waals surface area contributed by atoms with Gasteiger partial charge in [-0.15, -0.1) is 0 Å². The molecule has 3 rings (SSSR count). The smallest absolute Gasteiger partial charge is 0.314 e. The van der Waals surface area contributed by atoms with Crippen LogP contribution in [0.25, 0.3) is 5.69 Å². The number of anilines is 1. The molecule has 120 valence electrons. The lowest BCUT2D eigenvalue weighted by molar-refractivity contribution is 0.208. The highest BCUT2D eigenvalue weighted by Gasteiger charge is 2.24. The minimum atomic E-state index is -0.113. The molecule has 1 atom stereocenters. The van der Waals surface area contributed by atoms with Crippen molar-refractivity contribution < 1.29 is 4.79 Å². The van der Waals surface area contributed by atoms with Gasteiger partial charge in [-0.25, -0.2) is 14.5 Å². The second-order valence-electron chi connectivity index (χ2n) is 5.37. The molecule has 1 aromatic heterocycles. The van der Waals surface area contributed by atoms with Gasteiger partial charge in [0.05, 0.1) is 16.8 Å². The number of rotatable bonds is 4. The summed E-state index contributed by atoms with van der Waals surface area (Å²) in [6, 6.07) is 5.38. The fraction of sp³-hybridized carbons (Fsp3) is 0.312. The van der Waals surface area contributed by atoms with Crippen LogP contribution < -0.4 is 5.32 Å². The fourth-order valence-electron chi connectivity index (χ4n) is 2.65. The van der Waals surface area contributed by atoms with Crippen LogP contribution in [0.5, 0.6) is 0 Å². The summed E-state index contributed by atoms with van der Waals surface area (Å²) >= 11 is 6.28. The van der Waals surface area contributed by atoms with Crippen LogP contribution in [0.1, 0.15) is 19.8 Å². The quantitative estimate of drug-likeness (QED) is 0.872. The van der Waals surface area contributed by atoms with Gasteiger partial charge >= 0.3 is 6.03 Å². The van der Waals surface area contributed by atoms with E-state index in [2.05, 4.69) is 28.4 Å². The summed E-state index contributed by atoms with van der Waals surface area (Å²) in [4.78, 5) is 18.1. The summed E-state index contributed by atoms with van der Waals surface area (Å²) < 4.78 is 1.58. The van der Waals surface area contributed by atoms with Crippen molar-refractivity contribution in [2.75, 3.05) is 11.9 Å². The van der Waals surface area contributed by atoms with Crippen molar-refractivity contribution >= 4 is 23.3 Å². The third-order valence-corrected chi connectivity index (χ3v) is 4.07. The molecule has 1 unspecified atom stereocenters. The summed E-state index contributed by atoms with van der Waals surface area (Å²) in [5.74, 6) is 0. The van der Waals surface area contributed by atoms with Gasteiger partial charge in [0.15, 0.2) is 0 Å². The zero-order chi connectivity index (χ0) is 16.2. The zero-order valence-corrected chi connectivity index (χ0v) is 13.6. The Bertz CT molecular complexity index is 713. The van der Waals surface area contributed by atoms with Crippen LogP contribution in [-0.2, 0) is 0 Å². The monoisotopic (exact) mass is 331 g/mol. The largest absolute Gasteiger partial charge is 0.322 e. The Balaban J connectivity index is 1.71. The Morgan fingerprint density at radius 1 is 1.48 bits per heavy atom. The van der Waals surface area contributed by atoms with Crippen LogP contribution in [0.2, 0.25) is 5.02 Å². The van der Waals surface area contributed by atoms with Gasteiger partial charge in [0.1, 0.15) is 12.7 Å². The average Bonchev–Trinajstić information content (AvgIpc) is 3.19. The molecule has 0 spiro atoms. The predicted octanol–water partition coefficient (Wildman–Crippen LogP) is 3.49. The van der Waals surface area contributed by atoms with Crippen molar-refractivity contribution in [1.29, 1.82) is 0 Å². The van der Waals surface area contributed by atoms with Crippen molar-refractivity contribution in [3.05, 3.63) is 48.0 Å². The highest BCUT2D eigenvalue weighted by atomic mass is 35.5. The van der Waals surface area contributed by atoms with Gasteiger partial charge in [0.2, 0.25) is 0 Å². The molecular weight excluding hydrogens is 314 g/mol. The maximum atomic E-state index is 12.4. The summed E-state index contributed by atoms with van der Waals surface area (Å²) in [5, 5.41) is 7.45. The first-order valence-corrected chi connectivity index (χ1v) is 7.95. The summed E-state index contributed by atoms with van der Waals surface area (Å²) in [5.41, 5.74) is 1.37. The van der Waals surface area contributed by atoms with E-state index < -0.39 is 0 Å². The first-order valence-electron chi connectivity index (χ1n) is 7.58. The van der Waals surface area contributed by atoms with Crippen molar-refractivity contribution in [2.45, 2.75) is 25.8 Å². The van der Waals surface area contributed by atoms with E-state index in [9.17, 15) is 4.79 Å². The number of carbonyl (C=O) groups excluding carboxylic acids is 1. The number of amides is 2. The molecule has 1 aliphatic rings. The number of carbonyl (C=O) groups is 1. The second-order valence-corrected chi connectivity index (χ2v) is 5.78. The first-order chi connectivity index (χ1) is 11.2. The predicted molar refractivity (Wildman–Crippen MR) is 89.9 cm³/mol. The summed E-state index contributed by atoms with van der Waals surface area (Å²) in [7, 11) is 0. The molecule has 7 heteroatoms. The van der Waals surface area contributed by atoms with E-state index in [1.54, 1.807) is 29.2 Å². The van der Waals surface area contributed by atoms with E-state index in [1.807, 2.05) is 11.0 Å². The molecule has 0 saturated heterocycles. The highest BCUT2D eigenvalue weighted by Crippen LogP contribution is 2.24. The normalized spacial score (nSPS) is 16.8. The Morgan fingerprint density at radius 2 is 2.35 bits per heavy atom. The van der Waals surface area contributed by atoms with Crippen molar-refractivity contribution in [3.63, 3.8) is 0 Å². The molecule has 2 heterocycles.